The van der Waals surface area contributed by atoms with Crippen molar-refractivity contribution in [2.75, 3.05) is 26.4 Å². The molecule has 0 bridgehead atoms. The van der Waals surface area contributed by atoms with E-state index in [9.17, 15) is 4.79 Å². The van der Waals surface area contributed by atoms with Gasteiger partial charge in [-0.3, -0.25) is 4.79 Å². The summed E-state index contributed by atoms with van der Waals surface area (Å²) in [6, 6.07) is 10.5. The smallest absolute Gasteiger partial charge is 0.218 e. The molecule has 0 saturated carbocycles. The number of benzene rings is 1. The molecule has 0 aliphatic rings. The van der Waals surface area contributed by atoms with Crippen LogP contribution in [-0.2, 0) is 4.79 Å². The summed E-state index contributed by atoms with van der Waals surface area (Å²) in [5.74, 6) is 0.574. The third-order valence-corrected chi connectivity index (χ3v) is 4.03. The lowest BCUT2D eigenvalue weighted by Crippen LogP contribution is -2.16. The van der Waals surface area contributed by atoms with Gasteiger partial charge in [-0.2, -0.15) is 11.8 Å². The van der Waals surface area contributed by atoms with Crippen molar-refractivity contribution in [3.63, 3.8) is 0 Å². The van der Waals surface area contributed by atoms with Gasteiger partial charge in [-0.05, 0) is 32.6 Å². The van der Waals surface area contributed by atoms with Crippen molar-refractivity contribution in [2.45, 2.75) is 18.1 Å². The zero-order valence-corrected chi connectivity index (χ0v) is 12.0. The number of nitrogens with two attached hydrogens (primary N) is 1. The Hall–Kier alpha value is -1.00. The van der Waals surface area contributed by atoms with Gasteiger partial charge in [0.1, 0.15) is 0 Å². The number of primary amides is 1. The van der Waals surface area contributed by atoms with E-state index in [-0.39, 0.29) is 5.91 Å². The second-order valence-electron chi connectivity index (χ2n) is 4.58. The molecule has 1 aromatic rings. The molecule has 0 spiro atoms. The van der Waals surface area contributed by atoms with E-state index in [2.05, 4.69) is 43.3 Å². The van der Waals surface area contributed by atoms with Crippen molar-refractivity contribution < 1.29 is 4.79 Å². The molecule has 0 radical (unpaired) electrons. The third kappa shape index (κ3) is 6.07. The first-order chi connectivity index (χ1) is 8.59. The largest absolute Gasteiger partial charge is 0.370 e. The third-order valence-electron chi connectivity index (χ3n) is 2.68. The molecule has 4 heteroatoms. The Labute approximate surface area is 114 Å². The van der Waals surface area contributed by atoms with E-state index in [1.807, 2.05) is 17.8 Å². The van der Waals surface area contributed by atoms with E-state index in [0.717, 1.165) is 18.7 Å². The molecular formula is C14H22N2OS. The van der Waals surface area contributed by atoms with Crippen molar-refractivity contribution in [1.82, 2.24) is 4.90 Å². The number of hydrogen-bond acceptors (Lipinski definition) is 3. The highest BCUT2D eigenvalue weighted by molar-refractivity contribution is 7.99. The van der Waals surface area contributed by atoms with Crippen LogP contribution >= 0.6 is 11.8 Å². The maximum absolute atomic E-state index is 10.8. The second kappa shape index (κ2) is 8.16. The Bertz CT molecular complexity index is 354. The summed E-state index contributed by atoms with van der Waals surface area (Å²) in [6.07, 6.45) is 1.54. The second-order valence-corrected chi connectivity index (χ2v) is 5.89. The number of carbonyl (C=O) groups excluding carboxylic acids is 1. The Morgan fingerprint density at radius 1 is 1.33 bits per heavy atom. The van der Waals surface area contributed by atoms with Gasteiger partial charge in [0.2, 0.25) is 5.91 Å². The van der Waals surface area contributed by atoms with Gasteiger partial charge in [0.05, 0.1) is 0 Å². The normalized spacial score (nSPS) is 12.6. The lowest BCUT2D eigenvalue weighted by molar-refractivity contribution is -0.117. The van der Waals surface area contributed by atoms with Crippen LogP contribution < -0.4 is 5.73 Å². The molecule has 0 saturated heterocycles. The molecule has 0 aromatic heterocycles. The molecule has 0 aliphatic heterocycles. The Kier molecular flexibility index (Phi) is 6.83. The zero-order chi connectivity index (χ0) is 13.4. The minimum atomic E-state index is -0.220. The van der Waals surface area contributed by atoms with Crippen molar-refractivity contribution in [1.29, 1.82) is 0 Å². The molecule has 1 atom stereocenters. The van der Waals surface area contributed by atoms with Crippen molar-refractivity contribution in [3.05, 3.63) is 35.9 Å². The molecule has 1 rings (SSSR count). The van der Waals surface area contributed by atoms with Gasteiger partial charge >= 0.3 is 0 Å². The fraction of sp³-hybridized carbons (Fsp3) is 0.500. The first kappa shape index (κ1) is 15.1. The molecule has 0 fully saturated rings. The Morgan fingerprint density at radius 2 is 2.00 bits per heavy atom. The molecule has 1 aromatic carbocycles. The van der Waals surface area contributed by atoms with Crippen molar-refractivity contribution >= 4 is 17.7 Å². The summed E-state index contributed by atoms with van der Waals surface area (Å²) in [4.78, 5) is 13.0. The summed E-state index contributed by atoms with van der Waals surface area (Å²) in [5.41, 5.74) is 6.51. The average molecular weight is 266 g/mol. The fourth-order valence-corrected chi connectivity index (χ4v) is 2.92. The van der Waals surface area contributed by atoms with Gasteiger partial charge in [0.15, 0.2) is 0 Å². The van der Waals surface area contributed by atoms with Crippen LogP contribution in [0.2, 0.25) is 0 Å². The molecular weight excluding hydrogens is 244 g/mol. The van der Waals surface area contributed by atoms with E-state index >= 15 is 0 Å². The fourth-order valence-electron chi connectivity index (χ4n) is 1.69. The summed E-state index contributed by atoms with van der Waals surface area (Å²) in [7, 11) is 4.16. The molecule has 100 valence electrons. The van der Waals surface area contributed by atoms with Crippen LogP contribution in [-0.4, -0.2) is 37.2 Å². The van der Waals surface area contributed by atoms with E-state index < -0.39 is 0 Å². The van der Waals surface area contributed by atoms with Crippen LogP contribution in [0.25, 0.3) is 0 Å². The molecule has 1 unspecified atom stereocenters. The summed E-state index contributed by atoms with van der Waals surface area (Å²) in [5, 5.41) is 0.438. The number of hydrogen-bond donors (Lipinski definition) is 1. The molecule has 18 heavy (non-hydrogen) atoms. The summed E-state index contributed by atoms with van der Waals surface area (Å²) < 4.78 is 0. The average Bonchev–Trinajstić information content (AvgIpc) is 2.34. The molecule has 1 amide bonds. The highest BCUT2D eigenvalue weighted by Gasteiger charge is 2.12. The van der Waals surface area contributed by atoms with Crippen LogP contribution in [0.5, 0.6) is 0 Å². The van der Waals surface area contributed by atoms with Gasteiger partial charge in [-0.15, -0.1) is 0 Å². The predicted molar refractivity (Wildman–Crippen MR) is 78.6 cm³/mol. The Morgan fingerprint density at radius 3 is 2.56 bits per heavy atom. The van der Waals surface area contributed by atoms with Gasteiger partial charge < -0.3 is 10.6 Å². The van der Waals surface area contributed by atoms with Crippen LogP contribution in [0, 0.1) is 0 Å². The maximum Gasteiger partial charge on any atom is 0.218 e. The quantitative estimate of drug-likeness (QED) is 0.785. The van der Waals surface area contributed by atoms with E-state index in [1.54, 1.807) is 0 Å². The van der Waals surface area contributed by atoms with Crippen LogP contribution in [0.1, 0.15) is 23.7 Å². The monoisotopic (exact) mass is 266 g/mol. The number of amides is 1. The minimum absolute atomic E-state index is 0.220. The first-order valence-corrected chi connectivity index (χ1v) is 7.24. The van der Waals surface area contributed by atoms with Crippen LogP contribution in [0.3, 0.4) is 0 Å². The first-order valence-electron chi connectivity index (χ1n) is 6.19. The summed E-state index contributed by atoms with van der Waals surface area (Å²) in [6.45, 7) is 1.04. The molecule has 2 N–H and O–H groups in total. The molecule has 0 aliphatic carbocycles. The predicted octanol–water partition coefficient (Wildman–Crippen LogP) is 2.29. The van der Waals surface area contributed by atoms with E-state index in [0.29, 0.717) is 11.7 Å². The van der Waals surface area contributed by atoms with Crippen LogP contribution in [0.4, 0.5) is 0 Å². The van der Waals surface area contributed by atoms with Crippen molar-refractivity contribution in [3.8, 4) is 0 Å². The Balaban J connectivity index is 2.55. The number of nitrogens with zero attached hydrogens (tertiary/aromatic N) is 1. The van der Waals surface area contributed by atoms with Gasteiger partial charge in [0, 0.05) is 17.4 Å². The lowest BCUT2D eigenvalue weighted by atomic mass is 10.1. The van der Waals surface area contributed by atoms with Gasteiger partial charge in [0.25, 0.3) is 0 Å². The highest BCUT2D eigenvalue weighted by atomic mass is 32.2. The van der Waals surface area contributed by atoms with E-state index in [1.165, 1.54) is 5.56 Å². The topological polar surface area (TPSA) is 46.3 Å². The SMILES string of the molecule is CN(C)CCC(SCCC(N)=O)c1ccccc1. The maximum atomic E-state index is 10.8. The lowest BCUT2D eigenvalue weighted by Gasteiger charge is -2.19. The number of thioether (sulfide) groups is 1. The molecule has 3 nitrogen and oxygen atoms in total. The highest BCUT2D eigenvalue weighted by Crippen LogP contribution is 2.32. The van der Waals surface area contributed by atoms with Gasteiger partial charge in [-0.25, -0.2) is 0 Å². The number of carbonyl (C=O) groups is 1. The zero-order valence-electron chi connectivity index (χ0n) is 11.1. The van der Waals surface area contributed by atoms with Crippen molar-refractivity contribution in [2.24, 2.45) is 5.73 Å². The standard InChI is InChI=1S/C14H22N2OS/c1-16(2)10-8-13(18-11-9-14(15)17)12-6-4-3-5-7-12/h3-7,13H,8-11H2,1-2H3,(H2,15,17). The molecule has 0 heterocycles. The minimum Gasteiger partial charge on any atom is -0.370 e. The number of rotatable bonds is 8. The summed E-state index contributed by atoms with van der Waals surface area (Å²) >= 11 is 1.82. The van der Waals surface area contributed by atoms with Gasteiger partial charge in [-0.1, -0.05) is 30.3 Å². The van der Waals surface area contributed by atoms with Crippen LogP contribution in [0.15, 0.2) is 30.3 Å². The van der Waals surface area contributed by atoms with E-state index in [4.69, 9.17) is 5.73 Å².